The summed E-state index contributed by atoms with van der Waals surface area (Å²) in [6, 6.07) is 8.15. The van der Waals surface area contributed by atoms with E-state index in [0.29, 0.717) is 0 Å². The van der Waals surface area contributed by atoms with Gasteiger partial charge in [0.25, 0.3) is 0 Å². The highest BCUT2D eigenvalue weighted by Gasteiger charge is 2.12. The van der Waals surface area contributed by atoms with E-state index in [4.69, 9.17) is 9.29 Å². The zero-order valence-corrected chi connectivity index (χ0v) is 8.81. The molecule has 0 fully saturated rings. The number of benzene rings is 1. The summed E-state index contributed by atoms with van der Waals surface area (Å²) in [5.74, 6) is -0.326. The van der Waals surface area contributed by atoms with Crippen LogP contribution in [0.25, 0.3) is 0 Å². The monoisotopic (exact) mass is 232 g/mol. The van der Waals surface area contributed by atoms with Gasteiger partial charge in [0, 0.05) is 0 Å². The first-order valence-electron chi connectivity index (χ1n) is 4.30. The fourth-order valence-electron chi connectivity index (χ4n) is 0.872. The van der Waals surface area contributed by atoms with Gasteiger partial charge in [-0.3, -0.25) is 0 Å². The molecule has 0 aliphatic heterocycles. The van der Waals surface area contributed by atoms with Gasteiger partial charge in [0.2, 0.25) is 0 Å². The Kier molecular flexibility index (Phi) is 4.54. The number of para-hydroxylation sites is 1. The Morgan fingerprint density at radius 2 is 1.87 bits per heavy atom. The van der Waals surface area contributed by atoms with Gasteiger partial charge < -0.3 is 14.0 Å². The van der Waals surface area contributed by atoms with Crippen molar-refractivity contribution in [2.24, 2.45) is 0 Å². The second-order valence-electron chi connectivity index (χ2n) is 2.70. The Balaban J connectivity index is 2.50. The standard InChI is InChI=1S/C9H12O5S/c10-6-7-13-8-15(11,12)14-9-4-2-1-3-5-9/h1-5,10H,6-8H2. The first-order valence-corrected chi connectivity index (χ1v) is 5.87. The topological polar surface area (TPSA) is 72.8 Å². The van der Waals surface area contributed by atoms with Crippen LogP contribution in [0.15, 0.2) is 30.3 Å². The number of aliphatic hydroxyl groups is 1. The Morgan fingerprint density at radius 3 is 2.47 bits per heavy atom. The molecule has 15 heavy (non-hydrogen) atoms. The summed E-state index contributed by atoms with van der Waals surface area (Å²) in [4.78, 5) is 0. The molecule has 0 saturated heterocycles. The minimum absolute atomic E-state index is 0.0304. The molecule has 1 rings (SSSR count). The number of aliphatic hydroxyl groups excluding tert-OH is 1. The second-order valence-corrected chi connectivity index (χ2v) is 4.22. The highest BCUT2D eigenvalue weighted by atomic mass is 32.2. The summed E-state index contributed by atoms with van der Waals surface area (Å²) in [5, 5.41) is 8.39. The molecule has 0 amide bonds. The average molecular weight is 232 g/mol. The van der Waals surface area contributed by atoms with E-state index in [-0.39, 0.29) is 19.0 Å². The van der Waals surface area contributed by atoms with Crippen molar-refractivity contribution in [3.63, 3.8) is 0 Å². The Morgan fingerprint density at radius 1 is 1.20 bits per heavy atom. The van der Waals surface area contributed by atoms with Gasteiger partial charge in [-0.15, -0.1) is 0 Å². The van der Waals surface area contributed by atoms with Crippen molar-refractivity contribution in [3.8, 4) is 5.75 Å². The average Bonchev–Trinajstić information content (AvgIpc) is 2.18. The van der Waals surface area contributed by atoms with Crippen molar-refractivity contribution in [2.75, 3.05) is 19.2 Å². The van der Waals surface area contributed by atoms with E-state index in [1.807, 2.05) is 0 Å². The number of rotatable bonds is 6. The summed E-state index contributed by atoms with van der Waals surface area (Å²) in [6.07, 6.45) is 0. The van der Waals surface area contributed by atoms with Crippen LogP contribution in [0.3, 0.4) is 0 Å². The molecule has 0 heterocycles. The van der Waals surface area contributed by atoms with Gasteiger partial charge in [-0.25, -0.2) is 0 Å². The Bertz CT molecular complexity index is 373. The molecular formula is C9H12O5S. The number of ether oxygens (including phenoxy) is 1. The van der Waals surface area contributed by atoms with Crippen molar-refractivity contribution in [1.29, 1.82) is 0 Å². The Hall–Kier alpha value is -1.11. The van der Waals surface area contributed by atoms with Gasteiger partial charge in [0.15, 0.2) is 5.94 Å². The van der Waals surface area contributed by atoms with Crippen LogP contribution >= 0.6 is 0 Å². The van der Waals surface area contributed by atoms with Crippen LogP contribution in [0.4, 0.5) is 0 Å². The molecule has 0 bridgehead atoms. The van der Waals surface area contributed by atoms with E-state index in [9.17, 15) is 8.42 Å². The first kappa shape index (κ1) is 12.0. The second kappa shape index (κ2) is 5.69. The van der Waals surface area contributed by atoms with E-state index in [1.165, 1.54) is 12.1 Å². The van der Waals surface area contributed by atoms with Gasteiger partial charge in [-0.05, 0) is 12.1 Å². The predicted molar refractivity (Wildman–Crippen MR) is 53.9 cm³/mol. The summed E-state index contributed by atoms with van der Waals surface area (Å²) in [5.41, 5.74) is 0. The third kappa shape index (κ3) is 4.78. The lowest BCUT2D eigenvalue weighted by atomic mass is 10.3. The summed E-state index contributed by atoms with van der Waals surface area (Å²) < 4.78 is 31.9. The quantitative estimate of drug-likeness (QED) is 0.566. The van der Waals surface area contributed by atoms with E-state index in [0.717, 1.165) is 0 Å². The minimum atomic E-state index is -3.74. The Labute approximate surface area is 88.4 Å². The van der Waals surface area contributed by atoms with Crippen LogP contribution in [0.2, 0.25) is 0 Å². The van der Waals surface area contributed by atoms with E-state index in [1.54, 1.807) is 18.2 Å². The summed E-state index contributed by atoms with van der Waals surface area (Å²) >= 11 is 0. The van der Waals surface area contributed by atoms with Crippen LogP contribution < -0.4 is 4.18 Å². The molecule has 0 aromatic heterocycles. The van der Waals surface area contributed by atoms with Gasteiger partial charge in [-0.1, -0.05) is 18.2 Å². The molecule has 0 saturated carbocycles. The molecule has 0 atom stereocenters. The van der Waals surface area contributed by atoms with Crippen LogP contribution in [-0.2, 0) is 14.9 Å². The van der Waals surface area contributed by atoms with Crippen molar-refractivity contribution >= 4 is 10.1 Å². The zero-order valence-electron chi connectivity index (χ0n) is 8.00. The van der Waals surface area contributed by atoms with Crippen LogP contribution in [0.5, 0.6) is 5.75 Å². The maximum absolute atomic E-state index is 11.2. The maximum atomic E-state index is 11.2. The van der Waals surface area contributed by atoms with Crippen molar-refractivity contribution in [1.82, 2.24) is 0 Å². The molecular weight excluding hydrogens is 220 g/mol. The van der Waals surface area contributed by atoms with Gasteiger partial charge in [0.05, 0.1) is 13.2 Å². The maximum Gasteiger partial charge on any atom is 0.333 e. The highest BCUT2D eigenvalue weighted by molar-refractivity contribution is 7.86. The van der Waals surface area contributed by atoms with Crippen molar-refractivity contribution in [3.05, 3.63) is 30.3 Å². The molecule has 0 spiro atoms. The summed E-state index contributed by atoms with van der Waals surface area (Å²) in [7, 11) is -3.74. The molecule has 6 heteroatoms. The van der Waals surface area contributed by atoms with Crippen LogP contribution in [0.1, 0.15) is 0 Å². The lowest BCUT2D eigenvalue weighted by molar-refractivity contribution is 0.119. The minimum Gasteiger partial charge on any atom is -0.394 e. The van der Waals surface area contributed by atoms with Crippen LogP contribution in [0, 0.1) is 0 Å². The van der Waals surface area contributed by atoms with Crippen LogP contribution in [-0.4, -0.2) is 32.7 Å². The molecule has 1 aromatic rings. The largest absolute Gasteiger partial charge is 0.394 e. The fourth-order valence-corrected chi connectivity index (χ4v) is 1.65. The number of hydrogen-bond acceptors (Lipinski definition) is 5. The van der Waals surface area contributed by atoms with Gasteiger partial charge in [-0.2, -0.15) is 8.42 Å². The third-order valence-electron chi connectivity index (χ3n) is 1.43. The lowest BCUT2D eigenvalue weighted by Gasteiger charge is -2.06. The van der Waals surface area contributed by atoms with Gasteiger partial charge in [0.1, 0.15) is 5.75 Å². The van der Waals surface area contributed by atoms with Crippen molar-refractivity contribution < 1.29 is 22.4 Å². The van der Waals surface area contributed by atoms with E-state index >= 15 is 0 Å². The lowest BCUT2D eigenvalue weighted by Crippen LogP contribution is -2.17. The first-order chi connectivity index (χ1) is 7.14. The molecule has 0 aliphatic rings. The predicted octanol–water partition coefficient (Wildman–Crippen LogP) is 0.362. The van der Waals surface area contributed by atoms with Gasteiger partial charge >= 0.3 is 10.1 Å². The van der Waals surface area contributed by atoms with Crippen molar-refractivity contribution in [2.45, 2.75) is 0 Å². The molecule has 0 aliphatic carbocycles. The fraction of sp³-hybridized carbons (Fsp3) is 0.333. The van der Waals surface area contributed by atoms with E-state index < -0.39 is 16.1 Å². The molecule has 5 nitrogen and oxygen atoms in total. The molecule has 0 radical (unpaired) electrons. The molecule has 1 aromatic carbocycles. The van der Waals surface area contributed by atoms with E-state index in [2.05, 4.69) is 4.74 Å². The molecule has 0 unspecified atom stereocenters. The number of hydrogen-bond donors (Lipinski definition) is 1. The molecule has 84 valence electrons. The smallest absolute Gasteiger partial charge is 0.333 e. The highest BCUT2D eigenvalue weighted by Crippen LogP contribution is 2.11. The third-order valence-corrected chi connectivity index (χ3v) is 2.33. The zero-order chi connectivity index (χ0) is 11.1. The normalized spacial score (nSPS) is 11.3. The molecule has 1 N–H and O–H groups in total. The SMILES string of the molecule is O=S(=O)(COCCO)Oc1ccccc1. The summed E-state index contributed by atoms with van der Waals surface area (Å²) in [6.45, 7) is -0.252.